The second-order valence-corrected chi connectivity index (χ2v) is 10.7. The fraction of sp³-hybridized carbons (Fsp3) is 0.464. The van der Waals surface area contributed by atoms with E-state index in [2.05, 4.69) is 69.5 Å². The lowest BCUT2D eigenvalue weighted by Crippen LogP contribution is -2.50. The van der Waals surface area contributed by atoms with Gasteiger partial charge in [-0.15, -0.1) is 6.42 Å². The van der Waals surface area contributed by atoms with E-state index < -0.39 is 28.8 Å². The van der Waals surface area contributed by atoms with Crippen LogP contribution in [0.15, 0.2) is 42.5 Å². The molecule has 1 fully saturated rings. The molecular weight excluding hydrogens is 504 g/mol. The van der Waals surface area contributed by atoms with Crippen LogP contribution in [0.2, 0.25) is 0 Å². The molecule has 2 N–H and O–H groups in total. The van der Waals surface area contributed by atoms with Crippen LogP contribution in [-0.2, 0) is 30.1 Å². The number of methoxy groups -OCH3 is 1. The molecule has 1 heterocycles. The molecule has 0 saturated carbocycles. The number of hydrogen-bond acceptors (Lipinski definition) is 6. The highest BCUT2D eigenvalue weighted by molar-refractivity contribution is 7.82. The highest BCUT2D eigenvalue weighted by Crippen LogP contribution is 2.31. The molecule has 1 aliphatic heterocycles. The van der Waals surface area contributed by atoms with Crippen LogP contribution in [0.5, 0.6) is 0 Å². The molecule has 0 aliphatic carbocycles. The molecule has 3 rings (SSSR count). The second kappa shape index (κ2) is 14.6. The first-order valence-electron chi connectivity index (χ1n) is 12.7. The molecule has 0 spiro atoms. The number of terminal acetylenes is 1. The summed E-state index contributed by atoms with van der Waals surface area (Å²) in [6, 6.07) is 14.8. The minimum absolute atomic E-state index is 0.00726. The maximum Gasteiger partial charge on any atom is 0.306 e. The SMILES string of the molecule is C#CCNC(=O)CNC(=O)CN(C1CCN(C(C)c2cccc3ccccc23)CC1)S(=O)CCC(=O)OC. The summed E-state index contributed by atoms with van der Waals surface area (Å²) in [5.74, 6) is 1.10. The summed E-state index contributed by atoms with van der Waals surface area (Å²) in [7, 11) is -0.281. The Labute approximate surface area is 226 Å². The number of benzene rings is 2. The lowest BCUT2D eigenvalue weighted by molar-refractivity contribution is -0.140. The van der Waals surface area contributed by atoms with Gasteiger partial charge in [0.1, 0.15) is 0 Å². The molecule has 2 aromatic carbocycles. The molecule has 38 heavy (non-hydrogen) atoms. The molecule has 10 heteroatoms. The van der Waals surface area contributed by atoms with Crippen LogP contribution >= 0.6 is 0 Å². The molecule has 1 saturated heterocycles. The van der Waals surface area contributed by atoms with Crippen molar-refractivity contribution in [1.82, 2.24) is 19.8 Å². The van der Waals surface area contributed by atoms with E-state index in [0.29, 0.717) is 0 Å². The van der Waals surface area contributed by atoms with E-state index in [1.807, 2.05) is 6.07 Å². The summed E-state index contributed by atoms with van der Waals surface area (Å²) in [6.45, 7) is 3.47. The van der Waals surface area contributed by atoms with Crippen molar-refractivity contribution in [3.63, 3.8) is 0 Å². The molecule has 0 radical (unpaired) electrons. The number of piperidine rings is 1. The van der Waals surface area contributed by atoms with Crippen LogP contribution in [0.1, 0.15) is 37.8 Å². The molecule has 204 valence electrons. The van der Waals surface area contributed by atoms with Gasteiger partial charge in [0.15, 0.2) is 0 Å². The number of amides is 2. The fourth-order valence-electron chi connectivity index (χ4n) is 4.72. The Bertz CT molecular complexity index is 1180. The van der Waals surface area contributed by atoms with Crippen molar-refractivity contribution < 1.29 is 23.3 Å². The van der Waals surface area contributed by atoms with Crippen molar-refractivity contribution in [2.24, 2.45) is 0 Å². The van der Waals surface area contributed by atoms with Gasteiger partial charge in [0, 0.05) is 30.9 Å². The van der Waals surface area contributed by atoms with E-state index in [0.717, 1.165) is 25.9 Å². The Kier molecular flexibility index (Phi) is 11.3. The van der Waals surface area contributed by atoms with Gasteiger partial charge in [-0.2, -0.15) is 0 Å². The van der Waals surface area contributed by atoms with Gasteiger partial charge in [-0.1, -0.05) is 48.4 Å². The number of nitrogens with one attached hydrogen (secondary N) is 2. The Balaban J connectivity index is 1.64. The van der Waals surface area contributed by atoms with Crippen molar-refractivity contribution in [3.05, 3.63) is 48.0 Å². The summed E-state index contributed by atoms with van der Waals surface area (Å²) in [4.78, 5) is 38.5. The predicted octanol–water partition coefficient (Wildman–Crippen LogP) is 1.76. The van der Waals surface area contributed by atoms with Gasteiger partial charge in [-0.05, 0) is 36.1 Å². The van der Waals surface area contributed by atoms with Crippen LogP contribution in [0.25, 0.3) is 10.8 Å². The maximum absolute atomic E-state index is 13.2. The first kappa shape index (κ1) is 29.3. The minimum Gasteiger partial charge on any atom is -0.469 e. The zero-order valence-electron chi connectivity index (χ0n) is 22.0. The van der Waals surface area contributed by atoms with Gasteiger partial charge >= 0.3 is 5.97 Å². The van der Waals surface area contributed by atoms with Crippen LogP contribution in [0.3, 0.4) is 0 Å². The fourth-order valence-corrected chi connectivity index (χ4v) is 6.10. The summed E-state index contributed by atoms with van der Waals surface area (Å²) < 4.78 is 19.5. The molecule has 0 bridgehead atoms. The number of fused-ring (bicyclic) bond motifs is 1. The lowest BCUT2D eigenvalue weighted by atomic mass is 9.96. The number of carbonyl (C=O) groups excluding carboxylic acids is 3. The highest BCUT2D eigenvalue weighted by Gasteiger charge is 2.32. The van der Waals surface area contributed by atoms with Gasteiger partial charge < -0.3 is 15.4 Å². The number of esters is 1. The van der Waals surface area contributed by atoms with Crippen molar-refractivity contribution in [2.45, 2.75) is 38.3 Å². The number of likely N-dealkylation sites (tertiary alicyclic amines) is 1. The second-order valence-electron chi connectivity index (χ2n) is 9.20. The van der Waals surface area contributed by atoms with Crippen LogP contribution in [-0.4, -0.2) is 82.8 Å². The molecule has 1 aliphatic rings. The zero-order chi connectivity index (χ0) is 27.5. The van der Waals surface area contributed by atoms with E-state index in [9.17, 15) is 18.6 Å². The minimum atomic E-state index is -1.57. The molecule has 9 nitrogen and oxygen atoms in total. The summed E-state index contributed by atoms with van der Waals surface area (Å²) in [6.07, 6.45) is 6.56. The Morgan fingerprint density at radius 3 is 2.55 bits per heavy atom. The van der Waals surface area contributed by atoms with E-state index >= 15 is 0 Å². The highest BCUT2D eigenvalue weighted by atomic mass is 32.2. The molecule has 0 aromatic heterocycles. The third-order valence-corrected chi connectivity index (χ3v) is 8.33. The lowest BCUT2D eigenvalue weighted by Gasteiger charge is -2.40. The Hall–Kier alpha value is -3.26. The van der Waals surface area contributed by atoms with Crippen LogP contribution < -0.4 is 10.6 Å². The number of carbonyl (C=O) groups is 3. The maximum atomic E-state index is 13.2. The number of rotatable bonds is 12. The van der Waals surface area contributed by atoms with Gasteiger partial charge in [0.25, 0.3) is 0 Å². The summed E-state index contributed by atoms with van der Waals surface area (Å²) in [5, 5.41) is 7.49. The molecular formula is C28H36N4O5S. The molecule has 2 amide bonds. The third kappa shape index (κ3) is 8.12. The summed E-state index contributed by atoms with van der Waals surface area (Å²) in [5.41, 5.74) is 1.27. The topological polar surface area (TPSA) is 108 Å². The number of nitrogens with zero attached hydrogens (tertiary/aromatic N) is 2. The third-order valence-electron chi connectivity index (χ3n) is 6.83. The van der Waals surface area contributed by atoms with Crippen LogP contribution in [0.4, 0.5) is 0 Å². The smallest absolute Gasteiger partial charge is 0.306 e. The normalized spacial score (nSPS) is 15.9. The zero-order valence-corrected chi connectivity index (χ0v) is 22.8. The quantitative estimate of drug-likeness (QED) is 0.314. The van der Waals surface area contributed by atoms with E-state index in [-0.39, 0.29) is 43.9 Å². The summed E-state index contributed by atoms with van der Waals surface area (Å²) >= 11 is 0. The van der Waals surface area contributed by atoms with Crippen molar-refractivity contribution in [3.8, 4) is 12.3 Å². The Morgan fingerprint density at radius 2 is 1.84 bits per heavy atom. The molecule has 2 aromatic rings. The van der Waals surface area contributed by atoms with E-state index in [1.54, 1.807) is 4.31 Å². The standard InChI is InChI=1S/C28H36N4O5S/c1-4-15-29-26(33)19-30-27(34)20-32(38(36)18-14-28(35)37-3)23-12-16-31(17-13-23)21(2)24-11-7-9-22-8-5-6-10-25(22)24/h1,5-11,21,23H,12-20H2,2-3H3,(H,29,33)(H,30,34). The van der Waals surface area contributed by atoms with E-state index in [1.165, 1.54) is 23.4 Å². The van der Waals surface area contributed by atoms with Gasteiger partial charge in [-0.3, -0.25) is 19.3 Å². The Morgan fingerprint density at radius 1 is 1.13 bits per heavy atom. The van der Waals surface area contributed by atoms with Gasteiger partial charge in [-0.25, -0.2) is 8.51 Å². The number of ether oxygens (including phenoxy) is 1. The van der Waals surface area contributed by atoms with Crippen molar-refractivity contribution >= 4 is 39.5 Å². The predicted molar refractivity (Wildman–Crippen MR) is 148 cm³/mol. The first-order valence-corrected chi connectivity index (χ1v) is 14.0. The van der Waals surface area contributed by atoms with Gasteiger partial charge in [0.2, 0.25) is 11.8 Å². The van der Waals surface area contributed by atoms with Gasteiger partial charge in [0.05, 0.1) is 44.2 Å². The first-order chi connectivity index (χ1) is 18.3. The van der Waals surface area contributed by atoms with E-state index in [4.69, 9.17) is 6.42 Å². The van der Waals surface area contributed by atoms with Crippen molar-refractivity contribution in [2.75, 3.05) is 45.6 Å². The average molecular weight is 541 g/mol. The van der Waals surface area contributed by atoms with Crippen molar-refractivity contribution in [1.29, 1.82) is 0 Å². The van der Waals surface area contributed by atoms with Crippen LogP contribution in [0, 0.1) is 12.3 Å². The average Bonchev–Trinajstić information content (AvgIpc) is 2.95. The largest absolute Gasteiger partial charge is 0.469 e. The molecule has 2 atom stereocenters. The molecule has 2 unspecified atom stereocenters. The number of hydrogen-bond donors (Lipinski definition) is 2. The monoisotopic (exact) mass is 540 g/mol.